The second-order valence-electron chi connectivity index (χ2n) is 7.41. The van der Waals surface area contributed by atoms with E-state index in [-0.39, 0.29) is 33.6 Å². The van der Waals surface area contributed by atoms with Gasteiger partial charge >= 0.3 is 0 Å². The van der Waals surface area contributed by atoms with Crippen LogP contribution >= 0.6 is 0 Å². The monoisotopic (exact) mass is 414 g/mol. The zero-order chi connectivity index (χ0) is 22.1. The molecule has 0 spiro atoms. The van der Waals surface area contributed by atoms with Crippen LogP contribution < -0.4 is 4.74 Å². The van der Waals surface area contributed by atoms with Crippen molar-refractivity contribution in [1.29, 1.82) is 0 Å². The molecule has 0 saturated carbocycles. The third kappa shape index (κ3) is 2.37. The number of aliphatic hydroxyl groups is 2. The van der Waals surface area contributed by atoms with Gasteiger partial charge < -0.3 is 29.9 Å². The van der Waals surface area contributed by atoms with Gasteiger partial charge in [0.15, 0.2) is 17.2 Å². The van der Waals surface area contributed by atoms with Crippen LogP contribution in [0.15, 0.2) is 18.2 Å². The summed E-state index contributed by atoms with van der Waals surface area (Å²) in [5, 5.41) is 42.3. The molecule has 0 aromatic heterocycles. The lowest BCUT2D eigenvalue weighted by Crippen LogP contribution is -2.54. The van der Waals surface area contributed by atoms with Gasteiger partial charge in [-0.3, -0.25) is 14.4 Å². The van der Waals surface area contributed by atoms with E-state index in [0.717, 1.165) is 19.1 Å². The van der Waals surface area contributed by atoms with E-state index < -0.39 is 52.2 Å². The first-order valence-corrected chi connectivity index (χ1v) is 8.94. The lowest BCUT2D eigenvalue weighted by molar-refractivity contribution is -0.119. The standard InChI is InChI=1S/C21H18O9/c1-21(28)19(27)10-6-9-13(17(25)14(10)18(26)20(21)30-3)16(24)12-8(15(9)23)4-7(29-2)5-11(12)22/h4-6,18,20,22,25-26,28H,1-3H3/t18-,20+,21-/m1/s1. The first-order chi connectivity index (χ1) is 14.1. The number of ether oxygens (including phenoxy) is 2. The molecule has 4 N–H and O–H groups in total. The van der Waals surface area contributed by atoms with E-state index >= 15 is 0 Å². The molecule has 9 nitrogen and oxygen atoms in total. The molecule has 0 unspecified atom stereocenters. The number of phenols is 2. The number of carbonyl (C=O) groups is 3. The van der Waals surface area contributed by atoms with E-state index in [2.05, 4.69) is 0 Å². The number of Topliss-reactive ketones (excluding diaryl/α,β-unsaturated/α-hetero) is 1. The fourth-order valence-corrected chi connectivity index (χ4v) is 4.21. The van der Waals surface area contributed by atoms with Gasteiger partial charge in [-0.1, -0.05) is 0 Å². The van der Waals surface area contributed by atoms with E-state index in [4.69, 9.17) is 9.47 Å². The number of hydrogen-bond acceptors (Lipinski definition) is 9. The number of hydrogen-bond donors (Lipinski definition) is 4. The number of carbonyl (C=O) groups excluding carboxylic acids is 3. The van der Waals surface area contributed by atoms with Gasteiger partial charge in [-0.25, -0.2) is 0 Å². The molecule has 2 aromatic carbocycles. The summed E-state index contributed by atoms with van der Waals surface area (Å²) in [6.45, 7) is 1.15. The Morgan fingerprint density at radius 3 is 2.17 bits per heavy atom. The number of benzene rings is 2. The molecule has 4 rings (SSSR count). The Bertz CT molecular complexity index is 1150. The topological polar surface area (TPSA) is 151 Å². The maximum atomic E-state index is 13.1. The Hall–Kier alpha value is -3.27. The minimum Gasteiger partial charge on any atom is -0.507 e. The van der Waals surface area contributed by atoms with Crippen LogP contribution in [0.25, 0.3) is 0 Å². The van der Waals surface area contributed by atoms with Crippen LogP contribution in [0.2, 0.25) is 0 Å². The number of aromatic hydroxyl groups is 2. The van der Waals surface area contributed by atoms with Gasteiger partial charge in [0.2, 0.25) is 5.78 Å². The van der Waals surface area contributed by atoms with Crippen molar-refractivity contribution in [3.63, 3.8) is 0 Å². The molecule has 0 bridgehead atoms. The van der Waals surface area contributed by atoms with Gasteiger partial charge in [-0.15, -0.1) is 0 Å². The van der Waals surface area contributed by atoms with Crippen molar-refractivity contribution in [3.8, 4) is 17.2 Å². The summed E-state index contributed by atoms with van der Waals surface area (Å²) >= 11 is 0. The van der Waals surface area contributed by atoms with Crippen molar-refractivity contribution in [1.82, 2.24) is 0 Å². The molecule has 0 heterocycles. The number of ketones is 3. The quantitative estimate of drug-likeness (QED) is 0.479. The fraction of sp³-hybridized carbons (Fsp3) is 0.286. The highest BCUT2D eigenvalue weighted by Crippen LogP contribution is 2.47. The van der Waals surface area contributed by atoms with Crippen molar-refractivity contribution in [2.75, 3.05) is 14.2 Å². The SMILES string of the molecule is COc1cc(O)c2c(c1)C(=O)c1cc3c(c(O)c1C2=O)[C@@H](O)[C@H](OC)[C@](C)(O)C3=O. The molecule has 0 amide bonds. The summed E-state index contributed by atoms with van der Waals surface area (Å²) < 4.78 is 10.1. The highest BCUT2D eigenvalue weighted by molar-refractivity contribution is 6.31. The molecular weight excluding hydrogens is 396 g/mol. The van der Waals surface area contributed by atoms with Crippen molar-refractivity contribution in [2.45, 2.75) is 24.7 Å². The van der Waals surface area contributed by atoms with Gasteiger partial charge in [0.1, 0.15) is 29.5 Å². The Balaban J connectivity index is 2.03. The van der Waals surface area contributed by atoms with E-state index in [1.165, 1.54) is 20.3 Å². The van der Waals surface area contributed by atoms with E-state index in [1.807, 2.05) is 0 Å². The van der Waals surface area contributed by atoms with Gasteiger partial charge in [0.05, 0.1) is 18.2 Å². The molecule has 2 aliphatic rings. The summed E-state index contributed by atoms with van der Waals surface area (Å²) in [6, 6.07) is 3.49. The Labute approximate surface area is 170 Å². The zero-order valence-corrected chi connectivity index (χ0v) is 16.2. The van der Waals surface area contributed by atoms with E-state index in [0.29, 0.717) is 0 Å². The van der Waals surface area contributed by atoms with Crippen LogP contribution in [-0.4, -0.2) is 63.7 Å². The third-order valence-corrected chi connectivity index (χ3v) is 5.71. The Morgan fingerprint density at radius 1 is 0.933 bits per heavy atom. The van der Waals surface area contributed by atoms with Crippen molar-refractivity contribution >= 4 is 17.3 Å². The van der Waals surface area contributed by atoms with Crippen LogP contribution in [0.5, 0.6) is 17.2 Å². The lowest BCUT2D eigenvalue weighted by Gasteiger charge is -2.39. The number of rotatable bonds is 2. The third-order valence-electron chi connectivity index (χ3n) is 5.71. The predicted molar refractivity (Wildman–Crippen MR) is 100 cm³/mol. The average molecular weight is 414 g/mol. The van der Waals surface area contributed by atoms with Crippen molar-refractivity contribution < 1.29 is 44.3 Å². The maximum absolute atomic E-state index is 13.1. The van der Waals surface area contributed by atoms with E-state index in [1.54, 1.807) is 0 Å². The highest BCUT2D eigenvalue weighted by atomic mass is 16.5. The normalized spacial score (nSPS) is 24.9. The fourth-order valence-electron chi connectivity index (χ4n) is 4.21. The maximum Gasteiger partial charge on any atom is 0.201 e. The highest BCUT2D eigenvalue weighted by Gasteiger charge is 2.52. The second-order valence-corrected chi connectivity index (χ2v) is 7.41. The number of fused-ring (bicyclic) bond motifs is 3. The predicted octanol–water partition coefficient (Wildman–Crippen LogP) is 0.877. The first kappa shape index (κ1) is 20.0. The summed E-state index contributed by atoms with van der Waals surface area (Å²) in [5.74, 6) is -3.63. The Morgan fingerprint density at radius 2 is 1.57 bits per heavy atom. The molecule has 0 fully saturated rings. The van der Waals surface area contributed by atoms with Crippen molar-refractivity contribution in [3.05, 3.63) is 51.6 Å². The minimum absolute atomic E-state index is 0.135. The molecule has 0 aliphatic heterocycles. The molecule has 0 saturated heterocycles. The summed E-state index contributed by atoms with van der Waals surface area (Å²) in [4.78, 5) is 39.0. The molecule has 2 aromatic rings. The second kappa shape index (κ2) is 6.36. The van der Waals surface area contributed by atoms with Crippen LogP contribution in [0.4, 0.5) is 0 Å². The zero-order valence-electron chi connectivity index (χ0n) is 16.2. The molecule has 156 valence electrons. The van der Waals surface area contributed by atoms with Crippen LogP contribution in [-0.2, 0) is 4.74 Å². The van der Waals surface area contributed by atoms with Gasteiger partial charge in [-0.05, 0) is 19.1 Å². The number of methoxy groups -OCH3 is 2. The number of phenolic OH excluding ortho intramolecular Hbond substituents is 2. The summed E-state index contributed by atoms with van der Waals surface area (Å²) in [6.07, 6.45) is -3.07. The van der Waals surface area contributed by atoms with Gasteiger partial charge in [0.25, 0.3) is 0 Å². The molecule has 9 heteroatoms. The first-order valence-electron chi connectivity index (χ1n) is 8.94. The molecular formula is C21H18O9. The van der Waals surface area contributed by atoms with Crippen LogP contribution in [0.1, 0.15) is 60.8 Å². The smallest absolute Gasteiger partial charge is 0.201 e. The lowest BCUT2D eigenvalue weighted by atomic mass is 9.72. The Kier molecular flexibility index (Phi) is 4.25. The summed E-state index contributed by atoms with van der Waals surface area (Å²) in [7, 11) is 2.49. The summed E-state index contributed by atoms with van der Waals surface area (Å²) in [5.41, 5.74) is -3.98. The largest absolute Gasteiger partial charge is 0.507 e. The molecule has 30 heavy (non-hydrogen) atoms. The van der Waals surface area contributed by atoms with Crippen molar-refractivity contribution in [2.24, 2.45) is 0 Å². The van der Waals surface area contributed by atoms with Crippen LogP contribution in [0.3, 0.4) is 0 Å². The van der Waals surface area contributed by atoms with Crippen LogP contribution in [0, 0.1) is 0 Å². The average Bonchev–Trinajstić information content (AvgIpc) is 2.69. The van der Waals surface area contributed by atoms with Gasteiger partial charge in [-0.2, -0.15) is 0 Å². The molecule has 0 radical (unpaired) electrons. The number of aliphatic hydroxyl groups excluding tert-OH is 1. The molecule has 3 atom stereocenters. The van der Waals surface area contributed by atoms with Gasteiger partial charge in [0, 0.05) is 35.4 Å². The molecule has 2 aliphatic carbocycles. The van der Waals surface area contributed by atoms with E-state index in [9.17, 15) is 34.8 Å². The minimum atomic E-state index is -2.14.